The van der Waals surface area contributed by atoms with Gasteiger partial charge < -0.3 is 10.1 Å². The summed E-state index contributed by atoms with van der Waals surface area (Å²) in [5, 5.41) is 4.36. The van der Waals surface area contributed by atoms with Crippen molar-refractivity contribution in [1.29, 1.82) is 0 Å². The van der Waals surface area contributed by atoms with Gasteiger partial charge in [-0.2, -0.15) is 0 Å². The number of hydrogen-bond donors (Lipinski definition) is 1. The van der Waals surface area contributed by atoms with E-state index in [-0.39, 0.29) is 11.6 Å². The molecule has 2 atom stereocenters. The Morgan fingerprint density at radius 3 is 3.05 bits per heavy atom. The highest BCUT2D eigenvalue weighted by molar-refractivity contribution is 6.31. The van der Waals surface area contributed by atoms with Gasteiger partial charge >= 0.3 is 0 Å². The van der Waals surface area contributed by atoms with Gasteiger partial charge in [0.05, 0.1) is 22.4 Å². The van der Waals surface area contributed by atoms with E-state index < -0.39 is 0 Å². The highest BCUT2D eigenvalue weighted by atomic mass is 35.5. The van der Waals surface area contributed by atoms with Gasteiger partial charge in [-0.1, -0.05) is 18.5 Å². The van der Waals surface area contributed by atoms with Crippen molar-refractivity contribution in [3.8, 4) is 0 Å². The van der Waals surface area contributed by atoms with E-state index in [4.69, 9.17) is 16.3 Å². The quantitative estimate of drug-likeness (QED) is 0.918. The average molecular weight is 295 g/mol. The van der Waals surface area contributed by atoms with Crippen LogP contribution < -0.4 is 5.32 Å². The van der Waals surface area contributed by atoms with Crippen molar-refractivity contribution in [1.82, 2.24) is 10.3 Å². The zero-order valence-corrected chi connectivity index (χ0v) is 12.8. The van der Waals surface area contributed by atoms with E-state index in [0.29, 0.717) is 5.92 Å². The molecule has 110 valence electrons. The molecule has 3 rings (SSSR count). The molecule has 2 heterocycles. The predicted octanol–water partition coefficient (Wildman–Crippen LogP) is 3.73. The van der Waals surface area contributed by atoms with Gasteiger partial charge in [0.1, 0.15) is 0 Å². The Morgan fingerprint density at radius 2 is 2.40 bits per heavy atom. The molecule has 0 bridgehead atoms. The van der Waals surface area contributed by atoms with Crippen molar-refractivity contribution in [3.63, 3.8) is 0 Å². The Morgan fingerprint density at radius 1 is 1.55 bits per heavy atom. The predicted molar refractivity (Wildman–Crippen MR) is 80.9 cm³/mol. The Kier molecular flexibility index (Phi) is 4.29. The zero-order chi connectivity index (χ0) is 14.0. The number of ether oxygens (including phenoxy) is 1. The first kappa shape index (κ1) is 14.3. The number of hydrogen-bond acceptors (Lipinski definition) is 3. The molecule has 0 aromatic carbocycles. The first-order valence-corrected chi connectivity index (χ1v) is 8.10. The maximum atomic E-state index is 6.36. The Bertz CT molecular complexity index is 462. The van der Waals surface area contributed by atoms with Crippen molar-refractivity contribution >= 4 is 11.6 Å². The smallest absolute Gasteiger partial charge is 0.0761 e. The molecule has 1 saturated carbocycles. The lowest BCUT2D eigenvalue weighted by molar-refractivity contribution is -0.147. The second-order valence-corrected chi connectivity index (χ2v) is 6.45. The van der Waals surface area contributed by atoms with Gasteiger partial charge in [-0.3, -0.25) is 4.98 Å². The first-order valence-electron chi connectivity index (χ1n) is 7.72. The van der Waals surface area contributed by atoms with Crippen LogP contribution in [0.1, 0.15) is 50.8 Å². The van der Waals surface area contributed by atoms with E-state index in [0.717, 1.165) is 36.7 Å². The lowest BCUT2D eigenvalue weighted by atomic mass is 9.70. The summed E-state index contributed by atoms with van der Waals surface area (Å²) in [4.78, 5) is 4.53. The maximum absolute atomic E-state index is 6.36. The van der Waals surface area contributed by atoms with Gasteiger partial charge in [0.15, 0.2) is 0 Å². The second kappa shape index (κ2) is 6.00. The summed E-state index contributed by atoms with van der Waals surface area (Å²) < 4.78 is 6.04. The SMILES string of the molecule is CCNC(c1ncccc1Cl)C1CCOC2(CCC2)C1. The molecule has 2 unspecified atom stereocenters. The van der Waals surface area contributed by atoms with Crippen LogP contribution in [0, 0.1) is 5.92 Å². The minimum Gasteiger partial charge on any atom is -0.375 e. The number of halogens is 1. The van der Waals surface area contributed by atoms with E-state index in [1.165, 1.54) is 19.3 Å². The topological polar surface area (TPSA) is 34.2 Å². The van der Waals surface area contributed by atoms with Gasteiger partial charge in [0.2, 0.25) is 0 Å². The molecular formula is C16H23ClN2O. The average Bonchev–Trinajstić information content (AvgIpc) is 2.44. The van der Waals surface area contributed by atoms with E-state index in [1.807, 2.05) is 18.3 Å². The Balaban J connectivity index is 1.81. The number of aromatic nitrogens is 1. The third kappa shape index (κ3) is 2.72. The van der Waals surface area contributed by atoms with Gasteiger partial charge in [-0.15, -0.1) is 0 Å². The fourth-order valence-corrected chi connectivity index (χ4v) is 3.84. The fraction of sp³-hybridized carbons (Fsp3) is 0.688. The van der Waals surface area contributed by atoms with Crippen LogP contribution in [-0.2, 0) is 4.74 Å². The summed E-state index contributed by atoms with van der Waals surface area (Å²) >= 11 is 6.36. The fourth-order valence-electron chi connectivity index (χ4n) is 3.60. The molecular weight excluding hydrogens is 272 g/mol. The summed E-state index contributed by atoms with van der Waals surface area (Å²) in [5.74, 6) is 0.566. The summed E-state index contributed by atoms with van der Waals surface area (Å²) in [6, 6.07) is 4.08. The molecule has 1 aliphatic heterocycles. The van der Waals surface area contributed by atoms with E-state index in [9.17, 15) is 0 Å². The molecule has 2 fully saturated rings. The van der Waals surface area contributed by atoms with Crippen LogP contribution in [0.2, 0.25) is 5.02 Å². The van der Waals surface area contributed by atoms with Crippen molar-refractivity contribution in [3.05, 3.63) is 29.0 Å². The molecule has 1 N–H and O–H groups in total. The Hall–Kier alpha value is -0.640. The second-order valence-electron chi connectivity index (χ2n) is 6.04. The molecule has 20 heavy (non-hydrogen) atoms. The molecule has 1 aliphatic carbocycles. The lowest BCUT2D eigenvalue weighted by Crippen LogP contribution is -2.48. The molecule has 4 heteroatoms. The van der Waals surface area contributed by atoms with Gasteiger partial charge in [0.25, 0.3) is 0 Å². The maximum Gasteiger partial charge on any atom is 0.0761 e. The number of rotatable bonds is 4. The van der Waals surface area contributed by atoms with Crippen molar-refractivity contribution in [2.45, 2.75) is 50.7 Å². The third-order valence-corrected chi connectivity index (χ3v) is 5.09. The van der Waals surface area contributed by atoms with E-state index >= 15 is 0 Å². The molecule has 1 spiro atoms. The highest BCUT2D eigenvalue weighted by Crippen LogP contribution is 2.47. The standard InChI is InChI=1S/C16H23ClN2O/c1-2-18-14(15-13(17)5-3-9-19-15)12-6-10-20-16(11-12)7-4-8-16/h3,5,9,12,14,18H,2,4,6-8,10-11H2,1H3. The molecule has 1 saturated heterocycles. The number of nitrogens with zero attached hydrogens (tertiary/aromatic N) is 1. The van der Waals surface area contributed by atoms with Gasteiger partial charge in [-0.25, -0.2) is 0 Å². The normalized spacial score (nSPS) is 26.2. The van der Waals surface area contributed by atoms with Crippen molar-refractivity contribution < 1.29 is 4.74 Å². The largest absolute Gasteiger partial charge is 0.375 e. The molecule has 3 nitrogen and oxygen atoms in total. The first-order chi connectivity index (χ1) is 9.74. The molecule has 1 aromatic heterocycles. The molecule has 2 aliphatic rings. The summed E-state index contributed by atoms with van der Waals surface area (Å²) in [6.45, 7) is 3.95. The minimum absolute atomic E-state index is 0.165. The third-order valence-electron chi connectivity index (χ3n) is 4.77. The van der Waals surface area contributed by atoms with Gasteiger partial charge in [-0.05, 0) is 56.7 Å². The zero-order valence-electron chi connectivity index (χ0n) is 12.1. The molecule has 1 aromatic rings. The van der Waals surface area contributed by atoms with Gasteiger partial charge in [0, 0.05) is 12.8 Å². The highest BCUT2D eigenvalue weighted by Gasteiger charge is 2.44. The van der Waals surface area contributed by atoms with Crippen molar-refractivity contribution in [2.75, 3.05) is 13.2 Å². The Labute approximate surface area is 126 Å². The number of pyridine rings is 1. The van der Waals surface area contributed by atoms with E-state index in [1.54, 1.807) is 0 Å². The minimum atomic E-state index is 0.165. The molecule has 0 radical (unpaired) electrons. The van der Waals surface area contributed by atoms with Crippen LogP contribution in [-0.4, -0.2) is 23.7 Å². The molecule has 0 amide bonds. The van der Waals surface area contributed by atoms with Crippen LogP contribution in [0.25, 0.3) is 0 Å². The van der Waals surface area contributed by atoms with Crippen LogP contribution in [0.5, 0.6) is 0 Å². The summed E-state index contributed by atoms with van der Waals surface area (Å²) in [5.41, 5.74) is 1.16. The monoisotopic (exact) mass is 294 g/mol. The summed E-state index contributed by atoms with van der Waals surface area (Å²) in [7, 11) is 0. The van der Waals surface area contributed by atoms with Crippen LogP contribution in [0.4, 0.5) is 0 Å². The summed E-state index contributed by atoms with van der Waals surface area (Å²) in [6.07, 6.45) is 7.81. The lowest BCUT2D eigenvalue weighted by Gasteiger charge is -2.48. The number of nitrogens with one attached hydrogen (secondary N) is 1. The van der Waals surface area contributed by atoms with Crippen LogP contribution in [0.15, 0.2) is 18.3 Å². The van der Waals surface area contributed by atoms with E-state index in [2.05, 4.69) is 17.2 Å². The van der Waals surface area contributed by atoms with Crippen molar-refractivity contribution in [2.24, 2.45) is 5.92 Å². The van der Waals surface area contributed by atoms with Crippen LogP contribution >= 0.6 is 11.6 Å². The van der Waals surface area contributed by atoms with Crippen LogP contribution in [0.3, 0.4) is 0 Å².